The van der Waals surface area contributed by atoms with Crippen LogP contribution in [-0.2, 0) is 16.2 Å². The van der Waals surface area contributed by atoms with Gasteiger partial charge in [-0.2, -0.15) is 17.5 Å². The molecule has 0 aliphatic carbocycles. The van der Waals surface area contributed by atoms with Crippen molar-refractivity contribution in [2.75, 3.05) is 20.1 Å². The largest absolute Gasteiger partial charge is 0.416 e. The first kappa shape index (κ1) is 16.5. The molecule has 0 bridgehead atoms. The molecule has 0 amide bonds. The van der Waals surface area contributed by atoms with Crippen molar-refractivity contribution in [1.82, 2.24) is 9.62 Å². The summed E-state index contributed by atoms with van der Waals surface area (Å²) >= 11 is 5.79. The van der Waals surface area contributed by atoms with Crippen molar-refractivity contribution >= 4 is 21.6 Å². The zero-order valence-electron chi connectivity index (χ0n) is 11.1. The summed E-state index contributed by atoms with van der Waals surface area (Å²) in [6.07, 6.45) is -4.01. The van der Waals surface area contributed by atoms with Crippen LogP contribution < -0.4 is 5.32 Å². The van der Waals surface area contributed by atoms with Crippen molar-refractivity contribution in [1.29, 1.82) is 0 Å². The van der Waals surface area contributed by atoms with Crippen LogP contribution in [0.2, 0.25) is 5.02 Å². The van der Waals surface area contributed by atoms with Gasteiger partial charge in [0.15, 0.2) is 0 Å². The zero-order chi connectivity index (χ0) is 15.8. The van der Waals surface area contributed by atoms with E-state index in [2.05, 4.69) is 5.32 Å². The molecule has 1 aliphatic rings. The van der Waals surface area contributed by atoms with Gasteiger partial charge in [0, 0.05) is 19.1 Å². The second kappa shape index (κ2) is 5.75. The van der Waals surface area contributed by atoms with Crippen LogP contribution >= 0.6 is 11.6 Å². The van der Waals surface area contributed by atoms with Gasteiger partial charge in [0.25, 0.3) is 0 Å². The summed E-state index contributed by atoms with van der Waals surface area (Å²) in [5.41, 5.74) is -1.03. The first-order chi connectivity index (χ1) is 9.66. The van der Waals surface area contributed by atoms with Crippen LogP contribution in [0, 0.1) is 0 Å². The number of nitrogens with one attached hydrogen (secondary N) is 1. The molecule has 1 aliphatic heterocycles. The number of rotatable bonds is 3. The number of halogens is 4. The minimum Gasteiger partial charge on any atom is -0.316 e. The van der Waals surface area contributed by atoms with E-state index in [0.717, 1.165) is 16.4 Å². The smallest absolute Gasteiger partial charge is 0.316 e. The lowest BCUT2D eigenvalue weighted by molar-refractivity contribution is -0.137. The molecule has 1 N–H and O–H groups in total. The number of sulfonamides is 1. The van der Waals surface area contributed by atoms with Gasteiger partial charge in [-0.1, -0.05) is 11.6 Å². The van der Waals surface area contributed by atoms with Crippen LogP contribution in [0.25, 0.3) is 0 Å². The average molecular weight is 343 g/mol. The molecule has 1 aromatic rings. The van der Waals surface area contributed by atoms with Gasteiger partial charge in [-0.3, -0.25) is 0 Å². The summed E-state index contributed by atoms with van der Waals surface area (Å²) in [6.45, 7) is 0.464. The third kappa shape index (κ3) is 3.33. The molecular weight excluding hydrogens is 329 g/mol. The summed E-state index contributed by atoms with van der Waals surface area (Å²) in [5.74, 6) is 0. The van der Waals surface area contributed by atoms with Crippen molar-refractivity contribution in [3.8, 4) is 0 Å². The highest BCUT2D eigenvalue weighted by atomic mass is 35.5. The second-order valence-corrected chi connectivity index (χ2v) is 7.09. The van der Waals surface area contributed by atoms with Crippen molar-refractivity contribution < 1.29 is 21.6 Å². The molecule has 1 atom stereocenters. The molecule has 2 rings (SSSR count). The predicted octanol–water partition coefficient (Wildman–Crippen LogP) is 2.34. The SMILES string of the molecule is CNC1CCN(S(=O)(=O)c2cc(C(F)(F)F)ccc2Cl)C1. The number of hydrogen-bond donors (Lipinski definition) is 1. The van der Waals surface area contributed by atoms with Crippen LogP contribution in [0.4, 0.5) is 13.2 Å². The minimum absolute atomic E-state index is 0.00986. The Morgan fingerprint density at radius 2 is 2.05 bits per heavy atom. The molecule has 0 radical (unpaired) electrons. The molecular formula is C12H14ClF3N2O2S. The Kier molecular flexibility index (Phi) is 4.53. The topological polar surface area (TPSA) is 49.4 Å². The summed E-state index contributed by atoms with van der Waals surface area (Å²) in [7, 11) is -2.33. The minimum atomic E-state index is -4.62. The molecule has 4 nitrogen and oxygen atoms in total. The van der Waals surface area contributed by atoms with E-state index in [4.69, 9.17) is 11.6 Å². The predicted molar refractivity (Wildman–Crippen MR) is 72.7 cm³/mol. The first-order valence-electron chi connectivity index (χ1n) is 6.20. The standard InChI is InChI=1S/C12H14ClF3N2O2S/c1-17-9-4-5-18(7-9)21(19,20)11-6-8(12(14,15)16)2-3-10(11)13/h2-3,6,9,17H,4-5,7H2,1H3. The van der Waals surface area contributed by atoms with Crippen LogP contribution in [0.3, 0.4) is 0 Å². The maximum absolute atomic E-state index is 12.7. The fourth-order valence-corrected chi connectivity index (χ4v) is 4.20. The third-order valence-electron chi connectivity index (χ3n) is 3.44. The number of likely N-dealkylation sites (N-methyl/N-ethyl adjacent to an activating group) is 1. The van der Waals surface area contributed by atoms with Gasteiger partial charge in [-0.15, -0.1) is 0 Å². The average Bonchev–Trinajstić information content (AvgIpc) is 2.87. The fraction of sp³-hybridized carbons (Fsp3) is 0.500. The van der Waals surface area contributed by atoms with Crippen LogP contribution in [0.1, 0.15) is 12.0 Å². The summed E-state index contributed by atoms with van der Waals surface area (Å²) in [5, 5.41) is 2.74. The number of benzene rings is 1. The van der Waals surface area contributed by atoms with Gasteiger partial charge in [-0.05, 0) is 31.7 Å². The summed E-state index contributed by atoms with van der Waals surface area (Å²) in [4.78, 5) is -0.504. The van der Waals surface area contributed by atoms with Crippen LogP contribution in [0.15, 0.2) is 23.1 Å². The Hall–Kier alpha value is -0.830. The Morgan fingerprint density at radius 1 is 1.38 bits per heavy atom. The zero-order valence-corrected chi connectivity index (χ0v) is 12.7. The highest BCUT2D eigenvalue weighted by molar-refractivity contribution is 7.89. The Morgan fingerprint density at radius 3 is 2.57 bits per heavy atom. The van der Waals surface area contributed by atoms with Gasteiger partial charge >= 0.3 is 6.18 Å². The summed E-state index contributed by atoms with van der Waals surface area (Å²) in [6, 6.07) is 2.30. The third-order valence-corrected chi connectivity index (χ3v) is 5.78. The molecule has 118 valence electrons. The van der Waals surface area contributed by atoms with E-state index >= 15 is 0 Å². The Balaban J connectivity index is 2.41. The van der Waals surface area contributed by atoms with Gasteiger partial charge in [0.1, 0.15) is 4.90 Å². The summed E-state index contributed by atoms with van der Waals surface area (Å²) < 4.78 is 64.2. The monoisotopic (exact) mass is 342 g/mol. The van der Waals surface area contributed by atoms with E-state index < -0.39 is 26.7 Å². The van der Waals surface area contributed by atoms with Gasteiger partial charge in [0.05, 0.1) is 10.6 Å². The normalized spacial score (nSPS) is 20.9. The maximum Gasteiger partial charge on any atom is 0.416 e. The molecule has 0 saturated carbocycles. The highest BCUT2D eigenvalue weighted by Gasteiger charge is 2.36. The molecule has 21 heavy (non-hydrogen) atoms. The van der Waals surface area contributed by atoms with Gasteiger partial charge in [-0.25, -0.2) is 8.42 Å². The molecule has 1 aromatic carbocycles. The van der Waals surface area contributed by atoms with E-state index in [1.165, 1.54) is 0 Å². The maximum atomic E-state index is 12.7. The van der Waals surface area contributed by atoms with Gasteiger partial charge in [0.2, 0.25) is 10.0 Å². The number of nitrogens with zero attached hydrogens (tertiary/aromatic N) is 1. The lowest BCUT2D eigenvalue weighted by Gasteiger charge is -2.18. The number of hydrogen-bond acceptors (Lipinski definition) is 3. The van der Waals surface area contributed by atoms with E-state index in [1.807, 2.05) is 0 Å². The lowest BCUT2D eigenvalue weighted by Crippen LogP contribution is -2.33. The van der Waals surface area contributed by atoms with Gasteiger partial charge < -0.3 is 5.32 Å². The molecule has 1 heterocycles. The highest BCUT2D eigenvalue weighted by Crippen LogP contribution is 2.35. The van der Waals surface area contributed by atoms with Crippen molar-refractivity contribution in [3.05, 3.63) is 28.8 Å². The van der Waals surface area contributed by atoms with Crippen molar-refractivity contribution in [2.24, 2.45) is 0 Å². The Labute approximate surface area is 125 Å². The van der Waals surface area contributed by atoms with Crippen LogP contribution in [0.5, 0.6) is 0 Å². The van der Waals surface area contributed by atoms with E-state index in [0.29, 0.717) is 12.5 Å². The second-order valence-electron chi connectivity index (χ2n) is 4.78. The molecule has 0 spiro atoms. The molecule has 1 saturated heterocycles. The lowest BCUT2D eigenvalue weighted by atomic mass is 10.2. The van der Waals surface area contributed by atoms with E-state index in [9.17, 15) is 21.6 Å². The molecule has 0 aromatic heterocycles. The quantitative estimate of drug-likeness (QED) is 0.917. The first-order valence-corrected chi connectivity index (χ1v) is 8.02. The number of alkyl halides is 3. The van der Waals surface area contributed by atoms with Crippen molar-refractivity contribution in [3.63, 3.8) is 0 Å². The molecule has 1 fully saturated rings. The van der Waals surface area contributed by atoms with Crippen molar-refractivity contribution in [2.45, 2.75) is 23.5 Å². The van der Waals surface area contributed by atoms with E-state index in [-0.39, 0.29) is 24.2 Å². The Bertz CT molecular complexity index is 634. The van der Waals surface area contributed by atoms with E-state index in [1.54, 1.807) is 7.05 Å². The molecule has 9 heteroatoms. The molecule has 1 unspecified atom stereocenters. The fourth-order valence-electron chi connectivity index (χ4n) is 2.20. The van der Waals surface area contributed by atoms with Crippen LogP contribution in [-0.4, -0.2) is 38.9 Å².